The van der Waals surface area contributed by atoms with Gasteiger partial charge < -0.3 is 9.38 Å². The molecule has 4 aromatic heterocycles. The summed E-state index contributed by atoms with van der Waals surface area (Å²) in [6, 6.07) is 2.03. The predicted octanol–water partition coefficient (Wildman–Crippen LogP) is 1.46. The summed E-state index contributed by atoms with van der Waals surface area (Å²) in [6.45, 7) is 0. The van der Waals surface area contributed by atoms with Gasteiger partial charge >= 0.3 is 0 Å². The van der Waals surface area contributed by atoms with E-state index in [0.717, 1.165) is 22.3 Å². The van der Waals surface area contributed by atoms with Crippen LogP contribution in [-0.2, 0) is 0 Å². The number of aromatic nitrogens is 5. The summed E-state index contributed by atoms with van der Waals surface area (Å²) >= 11 is 0. The molecule has 15 heavy (non-hydrogen) atoms. The fraction of sp³-hybridized carbons (Fsp3) is 0. The number of fused-ring (bicyclic) bond motifs is 4. The van der Waals surface area contributed by atoms with Crippen LogP contribution in [0.3, 0.4) is 0 Å². The first-order chi connectivity index (χ1) is 7.42. The van der Waals surface area contributed by atoms with E-state index in [0.29, 0.717) is 0 Å². The van der Waals surface area contributed by atoms with Gasteiger partial charge in [0.05, 0.1) is 11.7 Å². The molecule has 4 heterocycles. The van der Waals surface area contributed by atoms with Crippen molar-refractivity contribution in [1.29, 1.82) is 0 Å². The van der Waals surface area contributed by atoms with E-state index in [1.807, 2.05) is 33.5 Å². The Labute approximate surface area is 84.0 Å². The Morgan fingerprint density at radius 2 is 2.20 bits per heavy atom. The zero-order chi connectivity index (χ0) is 9.83. The van der Waals surface area contributed by atoms with Crippen molar-refractivity contribution < 1.29 is 0 Å². The molecular weight excluding hydrogens is 190 g/mol. The summed E-state index contributed by atoms with van der Waals surface area (Å²) in [5.41, 5.74) is 3.96. The monoisotopic (exact) mass is 197 g/mol. The zero-order valence-electron chi connectivity index (χ0n) is 7.75. The molecular formula is C10H7N5. The van der Waals surface area contributed by atoms with Crippen LogP contribution in [-0.4, -0.2) is 23.8 Å². The third kappa shape index (κ3) is 0.775. The molecule has 0 saturated carbocycles. The summed E-state index contributed by atoms with van der Waals surface area (Å²) in [5, 5.41) is 0. The molecule has 0 spiro atoms. The van der Waals surface area contributed by atoms with Crippen LogP contribution in [0.5, 0.6) is 0 Å². The first-order valence-electron chi connectivity index (χ1n) is 4.69. The number of H-pyrrole nitrogens is 1. The van der Waals surface area contributed by atoms with Crippen molar-refractivity contribution in [2.24, 2.45) is 0 Å². The quantitative estimate of drug-likeness (QED) is 0.464. The topological polar surface area (TPSA) is 50.4 Å². The number of imidazole rings is 2. The minimum atomic E-state index is 0.905. The minimum Gasteiger partial charge on any atom is -0.345 e. The molecule has 0 bridgehead atoms. The summed E-state index contributed by atoms with van der Waals surface area (Å²) < 4.78 is 4.07. The van der Waals surface area contributed by atoms with Gasteiger partial charge in [-0.2, -0.15) is 0 Å². The van der Waals surface area contributed by atoms with Gasteiger partial charge in [0.25, 0.3) is 0 Å². The van der Waals surface area contributed by atoms with E-state index in [1.54, 1.807) is 6.33 Å². The first-order valence-corrected chi connectivity index (χ1v) is 4.69. The standard InChI is InChI=1S/C10H7N5/c1-2-14-4-7-3-8-10(13-6-12-8)15(7)5-9(14)11-1/h1-6,11H. The average molecular weight is 197 g/mol. The van der Waals surface area contributed by atoms with Gasteiger partial charge in [-0.3, -0.25) is 4.40 Å². The highest BCUT2D eigenvalue weighted by Gasteiger charge is 2.06. The highest BCUT2D eigenvalue weighted by atomic mass is 15.1. The molecule has 5 nitrogen and oxygen atoms in total. The Bertz CT molecular complexity index is 767. The molecule has 0 aliphatic heterocycles. The SMILES string of the molecule is c1nc2cc3cn4cc[nH]c4cn3c2n1. The number of hydrogen-bond donors (Lipinski definition) is 1. The fourth-order valence-corrected chi connectivity index (χ4v) is 1.96. The molecule has 4 rings (SSSR count). The third-order valence-corrected chi connectivity index (χ3v) is 2.66. The second-order valence-corrected chi connectivity index (χ2v) is 3.53. The van der Waals surface area contributed by atoms with Gasteiger partial charge in [-0.1, -0.05) is 0 Å². The number of aromatic amines is 1. The van der Waals surface area contributed by atoms with Gasteiger partial charge in [0.15, 0.2) is 5.65 Å². The Balaban J connectivity index is 2.35. The molecule has 5 heteroatoms. The molecule has 0 atom stereocenters. The van der Waals surface area contributed by atoms with Crippen molar-refractivity contribution in [3.63, 3.8) is 0 Å². The lowest BCUT2D eigenvalue weighted by molar-refractivity contribution is 1.11. The van der Waals surface area contributed by atoms with E-state index in [-0.39, 0.29) is 0 Å². The highest BCUT2D eigenvalue weighted by molar-refractivity contribution is 5.81. The van der Waals surface area contributed by atoms with Crippen molar-refractivity contribution >= 4 is 22.3 Å². The van der Waals surface area contributed by atoms with Crippen molar-refractivity contribution in [3.05, 3.63) is 37.2 Å². The van der Waals surface area contributed by atoms with E-state index >= 15 is 0 Å². The van der Waals surface area contributed by atoms with E-state index in [4.69, 9.17) is 0 Å². The van der Waals surface area contributed by atoms with Crippen molar-refractivity contribution in [2.75, 3.05) is 0 Å². The maximum Gasteiger partial charge on any atom is 0.165 e. The normalized spacial score (nSPS) is 12.0. The summed E-state index contributed by atoms with van der Waals surface area (Å²) in [5.74, 6) is 0. The molecule has 0 aromatic carbocycles. The molecule has 0 aliphatic rings. The van der Waals surface area contributed by atoms with Crippen LogP contribution in [0.4, 0.5) is 0 Å². The third-order valence-electron chi connectivity index (χ3n) is 2.66. The van der Waals surface area contributed by atoms with Gasteiger partial charge in [0, 0.05) is 18.6 Å². The Morgan fingerprint density at radius 3 is 3.20 bits per heavy atom. The molecule has 4 aromatic rings. The molecule has 0 unspecified atom stereocenters. The lowest BCUT2D eigenvalue weighted by Crippen LogP contribution is -1.90. The first kappa shape index (κ1) is 7.05. The van der Waals surface area contributed by atoms with E-state index in [9.17, 15) is 0 Å². The number of rotatable bonds is 0. The second kappa shape index (κ2) is 2.20. The van der Waals surface area contributed by atoms with E-state index < -0.39 is 0 Å². The average Bonchev–Trinajstić information content (AvgIpc) is 2.86. The van der Waals surface area contributed by atoms with Gasteiger partial charge in [0.2, 0.25) is 0 Å². The van der Waals surface area contributed by atoms with Crippen LogP contribution in [0.15, 0.2) is 37.2 Å². The van der Waals surface area contributed by atoms with Crippen molar-refractivity contribution in [3.8, 4) is 0 Å². The zero-order valence-corrected chi connectivity index (χ0v) is 7.75. The van der Waals surface area contributed by atoms with Crippen LogP contribution in [0.25, 0.3) is 22.3 Å². The van der Waals surface area contributed by atoms with Crippen molar-refractivity contribution in [2.45, 2.75) is 0 Å². The minimum absolute atomic E-state index is 0.905. The highest BCUT2D eigenvalue weighted by Crippen LogP contribution is 2.17. The summed E-state index contributed by atoms with van der Waals surface area (Å²) in [4.78, 5) is 11.6. The number of nitrogens with one attached hydrogen (secondary N) is 1. The Hall–Kier alpha value is -2.30. The molecule has 1 N–H and O–H groups in total. The summed E-state index contributed by atoms with van der Waals surface area (Å²) in [7, 11) is 0. The predicted molar refractivity (Wildman–Crippen MR) is 55.8 cm³/mol. The maximum absolute atomic E-state index is 4.23. The van der Waals surface area contributed by atoms with E-state index in [2.05, 4.69) is 21.1 Å². The van der Waals surface area contributed by atoms with Gasteiger partial charge in [-0.25, -0.2) is 9.97 Å². The number of hydrogen-bond acceptors (Lipinski definition) is 2. The molecule has 72 valence electrons. The van der Waals surface area contributed by atoms with Crippen LogP contribution in [0.1, 0.15) is 0 Å². The molecule has 0 aliphatic carbocycles. The van der Waals surface area contributed by atoms with Gasteiger partial charge in [-0.05, 0) is 6.07 Å². The Morgan fingerprint density at radius 1 is 1.20 bits per heavy atom. The van der Waals surface area contributed by atoms with Crippen LogP contribution >= 0.6 is 0 Å². The van der Waals surface area contributed by atoms with Crippen LogP contribution < -0.4 is 0 Å². The van der Waals surface area contributed by atoms with Gasteiger partial charge in [-0.15, -0.1) is 0 Å². The van der Waals surface area contributed by atoms with Crippen molar-refractivity contribution in [1.82, 2.24) is 23.8 Å². The smallest absolute Gasteiger partial charge is 0.165 e. The molecule has 0 amide bonds. The lowest BCUT2D eigenvalue weighted by Gasteiger charge is -1.97. The maximum atomic E-state index is 4.23. The van der Waals surface area contributed by atoms with Crippen LogP contribution in [0, 0.1) is 0 Å². The molecule has 0 saturated heterocycles. The second-order valence-electron chi connectivity index (χ2n) is 3.53. The fourth-order valence-electron chi connectivity index (χ4n) is 1.96. The largest absolute Gasteiger partial charge is 0.345 e. The summed E-state index contributed by atoms with van der Waals surface area (Å²) in [6.07, 6.45) is 9.54. The van der Waals surface area contributed by atoms with Crippen LogP contribution in [0.2, 0.25) is 0 Å². The number of nitrogens with zero attached hydrogens (tertiary/aromatic N) is 4. The molecule has 0 radical (unpaired) electrons. The molecule has 0 fully saturated rings. The Kier molecular flexibility index (Phi) is 1.03. The van der Waals surface area contributed by atoms with E-state index in [1.165, 1.54) is 0 Å². The lowest BCUT2D eigenvalue weighted by atomic mass is 10.5. The van der Waals surface area contributed by atoms with Gasteiger partial charge in [0.1, 0.15) is 17.5 Å².